The van der Waals surface area contributed by atoms with Crippen LogP contribution in [0, 0.1) is 0 Å². The van der Waals surface area contributed by atoms with Crippen molar-refractivity contribution in [3.05, 3.63) is 65.2 Å². The molecule has 0 aliphatic carbocycles. The van der Waals surface area contributed by atoms with Gasteiger partial charge in [0.05, 0.1) is 10.9 Å². The lowest BCUT2D eigenvalue weighted by molar-refractivity contribution is 0.0942. The van der Waals surface area contributed by atoms with Gasteiger partial charge in [0.1, 0.15) is 0 Å². The number of rotatable bonds is 9. The number of aryl methyl sites for hydroxylation is 1. The first kappa shape index (κ1) is 24.1. The van der Waals surface area contributed by atoms with Crippen LogP contribution in [0.15, 0.2) is 53.4 Å². The molecule has 7 heteroatoms. The predicted octanol–water partition coefficient (Wildman–Crippen LogP) is 3.31. The van der Waals surface area contributed by atoms with Gasteiger partial charge in [0.25, 0.3) is 5.91 Å². The summed E-state index contributed by atoms with van der Waals surface area (Å²) in [5.41, 5.74) is 2.84. The molecule has 1 amide bonds. The Bertz CT molecular complexity index is 937. The van der Waals surface area contributed by atoms with Crippen molar-refractivity contribution in [1.82, 2.24) is 14.5 Å². The fourth-order valence-electron chi connectivity index (χ4n) is 3.09. The quantitative estimate of drug-likeness (QED) is 0.661. The minimum atomic E-state index is -3.56. The maximum Gasteiger partial charge on any atom is 0.251 e. The summed E-state index contributed by atoms with van der Waals surface area (Å²) in [7, 11) is 1.95. The van der Waals surface area contributed by atoms with Gasteiger partial charge in [-0.1, -0.05) is 31.2 Å². The van der Waals surface area contributed by atoms with Gasteiger partial charge in [-0.2, -0.15) is 4.31 Å². The molecule has 0 saturated heterocycles. The Kier molecular flexibility index (Phi) is 8.18. The Morgan fingerprint density at radius 1 is 0.967 bits per heavy atom. The zero-order valence-electron chi connectivity index (χ0n) is 18.7. The number of amides is 1. The molecule has 1 N–H and O–H groups in total. The highest BCUT2D eigenvalue weighted by atomic mass is 32.2. The molecule has 0 radical (unpaired) electrons. The third kappa shape index (κ3) is 5.68. The van der Waals surface area contributed by atoms with Gasteiger partial charge in [0.15, 0.2) is 0 Å². The van der Waals surface area contributed by atoms with Crippen LogP contribution in [0.2, 0.25) is 0 Å². The molecule has 0 fully saturated rings. The van der Waals surface area contributed by atoms with Crippen molar-refractivity contribution in [2.45, 2.75) is 44.2 Å². The monoisotopic (exact) mass is 431 g/mol. The Labute approximate surface area is 180 Å². The molecule has 164 valence electrons. The van der Waals surface area contributed by atoms with E-state index in [1.54, 1.807) is 19.2 Å². The minimum absolute atomic E-state index is 0.0409. The highest BCUT2D eigenvalue weighted by Gasteiger charge is 2.23. The second-order valence-corrected chi connectivity index (χ2v) is 9.92. The van der Waals surface area contributed by atoms with Gasteiger partial charge < -0.3 is 10.2 Å². The van der Waals surface area contributed by atoms with Crippen molar-refractivity contribution >= 4 is 15.9 Å². The van der Waals surface area contributed by atoms with E-state index in [1.165, 1.54) is 22.0 Å². The van der Waals surface area contributed by atoms with Crippen molar-refractivity contribution in [2.24, 2.45) is 0 Å². The lowest BCUT2D eigenvalue weighted by Crippen LogP contribution is -2.34. The number of likely N-dealkylation sites (N-methyl/N-ethyl adjacent to an activating group) is 1. The molecule has 0 aromatic heterocycles. The molecule has 2 aromatic carbocycles. The first-order valence-corrected chi connectivity index (χ1v) is 11.6. The Balaban J connectivity index is 2.09. The SMILES string of the molecule is CCc1ccc(C(CNC(=O)c2ccc(S(=O)(=O)N(C)C(C)C)cc2)N(C)C)cc1. The smallest absolute Gasteiger partial charge is 0.251 e. The van der Waals surface area contributed by atoms with Crippen molar-refractivity contribution in [3.63, 3.8) is 0 Å². The summed E-state index contributed by atoms with van der Waals surface area (Å²) >= 11 is 0. The highest BCUT2D eigenvalue weighted by Crippen LogP contribution is 2.20. The van der Waals surface area contributed by atoms with Crippen molar-refractivity contribution < 1.29 is 13.2 Å². The zero-order chi connectivity index (χ0) is 22.5. The van der Waals surface area contributed by atoms with Crippen molar-refractivity contribution in [1.29, 1.82) is 0 Å². The number of nitrogens with zero attached hydrogens (tertiary/aromatic N) is 2. The lowest BCUT2D eigenvalue weighted by Gasteiger charge is -2.25. The summed E-state index contributed by atoms with van der Waals surface area (Å²) in [6, 6.07) is 14.4. The van der Waals surface area contributed by atoms with Gasteiger partial charge >= 0.3 is 0 Å². The molecule has 2 aromatic rings. The summed E-state index contributed by atoms with van der Waals surface area (Å²) in [6.07, 6.45) is 0.988. The molecule has 1 unspecified atom stereocenters. The molecular weight excluding hydrogens is 398 g/mol. The van der Waals surface area contributed by atoms with Crippen LogP contribution in [0.5, 0.6) is 0 Å². The van der Waals surface area contributed by atoms with E-state index < -0.39 is 10.0 Å². The minimum Gasteiger partial charge on any atom is -0.350 e. The Hall–Kier alpha value is -2.22. The molecule has 0 heterocycles. The predicted molar refractivity (Wildman–Crippen MR) is 121 cm³/mol. The summed E-state index contributed by atoms with van der Waals surface area (Å²) < 4.78 is 26.4. The zero-order valence-corrected chi connectivity index (χ0v) is 19.5. The third-order valence-corrected chi connectivity index (χ3v) is 7.42. The molecule has 0 bridgehead atoms. The van der Waals surface area contributed by atoms with Gasteiger partial charge in [-0.05, 0) is 69.8 Å². The summed E-state index contributed by atoms with van der Waals surface area (Å²) in [6.45, 7) is 6.20. The van der Waals surface area contributed by atoms with E-state index in [9.17, 15) is 13.2 Å². The van der Waals surface area contributed by atoms with Crippen molar-refractivity contribution in [3.8, 4) is 0 Å². The summed E-state index contributed by atoms with van der Waals surface area (Å²) in [5.74, 6) is -0.229. The first-order chi connectivity index (χ1) is 14.1. The molecule has 30 heavy (non-hydrogen) atoms. The van der Waals surface area contributed by atoms with Crippen LogP contribution in [0.3, 0.4) is 0 Å². The number of hydrogen-bond acceptors (Lipinski definition) is 4. The normalized spacial score (nSPS) is 13.1. The molecule has 0 aliphatic rings. The molecule has 0 spiro atoms. The van der Waals surface area contributed by atoms with E-state index in [4.69, 9.17) is 0 Å². The molecule has 2 rings (SSSR count). The van der Waals surface area contributed by atoms with E-state index in [2.05, 4.69) is 41.4 Å². The van der Waals surface area contributed by atoms with Crippen LogP contribution in [0.4, 0.5) is 0 Å². The average molecular weight is 432 g/mol. The van der Waals surface area contributed by atoms with Gasteiger partial charge in [-0.25, -0.2) is 8.42 Å². The van der Waals surface area contributed by atoms with Gasteiger partial charge in [-0.3, -0.25) is 4.79 Å². The maximum atomic E-state index is 12.6. The number of nitrogens with one attached hydrogen (secondary N) is 1. The van der Waals surface area contributed by atoms with E-state index in [0.717, 1.165) is 12.0 Å². The number of benzene rings is 2. The number of carbonyl (C=O) groups is 1. The lowest BCUT2D eigenvalue weighted by atomic mass is 10.0. The average Bonchev–Trinajstić information content (AvgIpc) is 2.73. The van der Waals surface area contributed by atoms with E-state index >= 15 is 0 Å². The van der Waals surface area contributed by atoms with Gasteiger partial charge in [0.2, 0.25) is 10.0 Å². The van der Waals surface area contributed by atoms with Gasteiger partial charge in [-0.15, -0.1) is 0 Å². The fourth-order valence-corrected chi connectivity index (χ4v) is 4.46. The van der Waals surface area contributed by atoms with Crippen LogP contribution >= 0.6 is 0 Å². The summed E-state index contributed by atoms with van der Waals surface area (Å²) in [5, 5.41) is 2.97. The van der Waals surface area contributed by atoms with Gasteiger partial charge in [0, 0.05) is 25.2 Å². The second-order valence-electron chi connectivity index (χ2n) is 7.92. The van der Waals surface area contributed by atoms with Crippen LogP contribution in [0.25, 0.3) is 0 Å². The first-order valence-electron chi connectivity index (χ1n) is 10.2. The highest BCUT2D eigenvalue weighted by molar-refractivity contribution is 7.89. The maximum absolute atomic E-state index is 12.6. The molecule has 0 saturated carbocycles. The topological polar surface area (TPSA) is 69.7 Å². The molecule has 1 atom stereocenters. The summed E-state index contributed by atoms with van der Waals surface area (Å²) in [4.78, 5) is 14.9. The second kappa shape index (κ2) is 10.2. The number of sulfonamides is 1. The largest absolute Gasteiger partial charge is 0.350 e. The standard InChI is InChI=1S/C23H33N3O3S/c1-7-18-8-10-19(11-9-18)22(25(4)5)16-24-23(27)20-12-14-21(15-13-20)30(28,29)26(6)17(2)3/h8-15,17,22H,7,16H2,1-6H3,(H,24,27). The van der Waals surface area contributed by atoms with Crippen molar-refractivity contribution in [2.75, 3.05) is 27.7 Å². The van der Waals surface area contributed by atoms with Crippen LogP contribution in [-0.4, -0.2) is 57.3 Å². The molecular formula is C23H33N3O3S. The number of carbonyl (C=O) groups excluding carboxylic acids is 1. The van der Waals surface area contributed by atoms with E-state index in [-0.39, 0.29) is 22.9 Å². The van der Waals surface area contributed by atoms with Crippen LogP contribution in [0.1, 0.15) is 48.3 Å². The number of hydrogen-bond donors (Lipinski definition) is 1. The Morgan fingerprint density at radius 3 is 2.00 bits per heavy atom. The van der Waals surface area contributed by atoms with E-state index in [1.807, 2.05) is 27.9 Å². The third-order valence-electron chi connectivity index (χ3n) is 5.37. The molecule has 6 nitrogen and oxygen atoms in total. The molecule has 0 aliphatic heterocycles. The Morgan fingerprint density at radius 2 is 1.53 bits per heavy atom. The van der Waals surface area contributed by atoms with Crippen LogP contribution in [-0.2, 0) is 16.4 Å². The fraction of sp³-hybridized carbons (Fsp3) is 0.435. The van der Waals surface area contributed by atoms with Crippen LogP contribution < -0.4 is 5.32 Å². The van der Waals surface area contributed by atoms with E-state index in [0.29, 0.717) is 12.1 Å².